The van der Waals surface area contributed by atoms with Crippen LogP contribution in [0.4, 0.5) is 5.69 Å². The predicted molar refractivity (Wildman–Crippen MR) is 60.2 cm³/mol. The molecule has 0 fully saturated rings. The molecule has 1 unspecified atom stereocenters. The Kier molecular flexibility index (Phi) is 2.90. The van der Waals surface area contributed by atoms with E-state index in [4.69, 9.17) is 16.8 Å². The monoisotopic (exact) mass is 288 g/mol. The number of rotatable bonds is 1. The van der Waals surface area contributed by atoms with E-state index in [1.807, 2.05) is 0 Å². The van der Waals surface area contributed by atoms with Gasteiger partial charge in [-0.1, -0.05) is 27.5 Å². The minimum atomic E-state index is -1.00. The number of aromatic nitrogens is 1. The van der Waals surface area contributed by atoms with Gasteiger partial charge in [0.15, 0.2) is 5.69 Å². The van der Waals surface area contributed by atoms with E-state index in [1.165, 1.54) is 12.3 Å². The summed E-state index contributed by atoms with van der Waals surface area (Å²) in [6.07, 6.45) is 1.43. The van der Waals surface area contributed by atoms with Crippen molar-refractivity contribution in [1.29, 1.82) is 0 Å². The van der Waals surface area contributed by atoms with Gasteiger partial charge >= 0.3 is 0 Å². The molecule has 0 aliphatic heterocycles. The van der Waals surface area contributed by atoms with Crippen LogP contribution in [-0.2, 0) is 0 Å². The summed E-state index contributed by atoms with van der Waals surface area (Å²) in [5, 5.41) is 20.1. The molecule has 0 spiro atoms. The maximum absolute atomic E-state index is 11.0. The van der Waals surface area contributed by atoms with Gasteiger partial charge in [0.25, 0.3) is 0 Å². The molecule has 0 saturated carbocycles. The lowest BCUT2D eigenvalue weighted by Gasteiger charge is -2.13. The summed E-state index contributed by atoms with van der Waals surface area (Å²) >= 11 is 9.02. The number of nitrogens with zero attached hydrogens (tertiary/aromatic N) is 1. The van der Waals surface area contributed by atoms with Crippen molar-refractivity contribution in [2.24, 2.45) is 0 Å². The smallest absolute Gasteiger partial charge is 0.191 e. The van der Waals surface area contributed by atoms with Gasteiger partial charge in [0, 0.05) is 22.1 Å². The highest BCUT2D eigenvalue weighted by atomic mass is 79.9. The second kappa shape index (κ2) is 4.03. The molecule has 0 radical (unpaired) electrons. The van der Waals surface area contributed by atoms with Crippen molar-refractivity contribution in [2.45, 2.75) is 0 Å². The van der Waals surface area contributed by atoms with E-state index in [9.17, 15) is 5.21 Å². The van der Waals surface area contributed by atoms with E-state index in [1.54, 1.807) is 12.1 Å². The minimum Gasteiger partial charge on any atom is -0.595 e. The van der Waals surface area contributed by atoms with Gasteiger partial charge in [-0.2, -0.15) is 5.23 Å². The van der Waals surface area contributed by atoms with Gasteiger partial charge in [-0.15, -0.1) is 0 Å². The predicted octanol–water partition coefficient (Wildman–Crippen LogP) is 2.05. The molecule has 4 nitrogen and oxygen atoms in total. The van der Waals surface area contributed by atoms with Crippen molar-refractivity contribution in [3.05, 3.63) is 39.1 Å². The van der Waals surface area contributed by atoms with Crippen molar-refractivity contribution in [1.82, 2.24) is 4.98 Å². The third-order valence-electron chi connectivity index (χ3n) is 1.94. The lowest BCUT2D eigenvalue weighted by molar-refractivity contribution is -0.990. The highest BCUT2D eigenvalue weighted by Gasteiger charge is 2.10. The van der Waals surface area contributed by atoms with Gasteiger partial charge < -0.3 is 5.21 Å². The molecule has 1 aromatic carbocycles. The minimum absolute atomic E-state index is 0.163. The molecule has 78 valence electrons. The number of fused-ring (bicyclic) bond motifs is 1. The van der Waals surface area contributed by atoms with Crippen LogP contribution in [-0.4, -0.2) is 10.2 Å². The maximum atomic E-state index is 11.0. The molecule has 6 heteroatoms. The molecular formula is C9H6BrClN2O2. The van der Waals surface area contributed by atoms with E-state index < -0.39 is 5.23 Å². The summed E-state index contributed by atoms with van der Waals surface area (Å²) in [7, 11) is 0. The van der Waals surface area contributed by atoms with Gasteiger partial charge in [0.2, 0.25) is 0 Å². The highest BCUT2D eigenvalue weighted by Crippen LogP contribution is 2.26. The molecular weight excluding hydrogens is 283 g/mol. The van der Waals surface area contributed by atoms with E-state index in [0.717, 1.165) is 0 Å². The Labute approximate surface area is 98.8 Å². The molecule has 1 atom stereocenters. The number of hydrogen-bond acceptors (Lipinski definition) is 3. The Balaban J connectivity index is 2.80. The molecule has 1 heterocycles. The fourth-order valence-corrected chi connectivity index (χ4v) is 1.99. The summed E-state index contributed by atoms with van der Waals surface area (Å²) in [5.74, 6) is 0. The number of quaternary nitrogens is 1. The van der Waals surface area contributed by atoms with Gasteiger partial charge in [0.1, 0.15) is 5.52 Å². The number of pyridine rings is 1. The van der Waals surface area contributed by atoms with E-state index in [-0.39, 0.29) is 5.69 Å². The first-order valence-corrected chi connectivity index (χ1v) is 5.23. The summed E-state index contributed by atoms with van der Waals surface area (Å²) < 4.78 is 0.691. The Bertz CT molecular complexity index is 513. The standard InChI is InChI=1S/C9H6BrClN2O2/c10-6-1-5-2-7(11)4-12-9(5)8(3-6)13(14)15/h1-4,13-14H. The first kappa shape index (κ1) is 10.8. The quantitative estimate of drug-likeness (QED) is 0.790. The lowest BCUT2D eigenvalue weighted by Crippen LogP contribution is -2.99. The Morgan fingerprint density at radius 1 is 1.40 bits per heavy atom. The van der Waals surface area contributed by atoms with Crippen LogP contribution >= 0.6 is 27.5 Å². The Hall–Kier alpha value is -0.720. The maximum Gasteiger partial charge on any atom is 0.191 e. The average molecular weight is 290 g/mol. The highest BCUT2D eigenvalue weighted by molar-refractivity contribution is 9.10. The number of hydrogen-bond donors (Lipinski definition) is 2. The third kappa shape index (κ3) is 2.11. The van der Waals surface area contributed by atoms with Crippen LogP contribution in [0, 0.1) is 5.21 Å². The number of nitrogens with one attached hydrogen (secondary N) is 1. The van der Waals surface area contributed by atoms with Gasteiger partial charge in [-0.05, 0) is 12.1 Å². The third-order valence-corrected chi connectivity index (χ3v) is 2.61. The molecule has 15 heavy (non-hydrogen) atoms. The first-order chi connectivity index (χ1) is 7.08. The van der Waals surface area contributed by atoms with E-state index >= 15 is 0 Å². The second-order valence-corrected chi connectivity index (χ2v) is 4.34. The summed E-state index contributed by atoms with van der Waals surface area (Å²) in [6.45, 7) is 0. The normalized spacial score (nSPS) is 13.1. The van der Waals surface area contributed by atoms with E-state index in [2.05, 4.69) is 20.9 Å². The zero-order valence-electron chi connectivity index (χ0n) is 7.37. The summed E-state index contributed by atoms with van der Waals surface area (Å²) in [4.78, 5) is 4.01. The Morgan fingerprint density at radius 3 is 2.80 bits per heavy atom. The topological polar surface area (TPSA) is 60.6 Å². The summed E-state index contributed by atoms with van der Waals surface area (Å²) in [5.41, 5.74) is 0.603. The zero-order valence-corrected chi connectivity index (χ0v) is 9.71. The van der Waals surface area contributed by atoms with Crippen LogP contribution in [0.1, 0.15) is 0 Å². The van der Waals surface area contributed by atoms with Crippen LogP contribution in [0.2, 0.25) is 5.02 Å². The molecule has 0 bridgehead atoms. The van der Waals surface area contributed by atoms with Gasteiger partial charge in [-0.25, -0.2) is 10.2 Å². The molecule has 0 aliphatic rings. The fourth-order valence-electron chi connectivity index (χ4n) is 1.35. The molecule has 0 saturated heterocycles. The molecule has 2 N–H and O–H groups in total. The van der Waals surface area contributed by atoms with Gasteiger partial charge in [-0.3, -0.25) is 0 Å². The lowest BCUT2D eigenvalue weighted by atomic mass is 10.2. The van der Waals surface area contributed by atoms with Crippen molar-refractivity contribution >= 4 is 44.1 Å². The average Bonchev–Trinajstić information content (AvgIpc) is 2.15. The largest absolute Gasteiger partial charge is 0.595 e. The zero-order chi connectivity index (χ0) is 11.0. The number of benzene rings is 1. The van der Waals surface area contributed by atoms with Crippen molar-refractivity contribution in [3.63, 3.8) is 0 Å². The summed E-state index contributed by atoms with van der Waals surface area (Å²) in [6, 6.07) is 4.98. The molecule has 2 rings (SSSR count). The van der Waals surface area contributed by atoms with E-state index in [0.29, 0.717) is 20.4 Å². The van der Waals surface area contributed by atoms with Crippen LogP contribution in [0.15, 0.2) is 28.9 Å². The fraction of sp³-hybridized carbons (Fsp3) is 0. The van der Waals surface area contributed by atoms with Crippen molar-refractivity contribution in [3.8, 4) is 0 Å². The number of halogens is 2. The SMILES string of the molecule is [O-][NH+](O)c1cc(Br)cc2cc(Cl)cnc12. The first-order valence-electron chi connectivity index (χ1n) is 4.06. The molecule has 2 aromatic rings. The van der Waals surface area contributed by atoms with Crippen molar-refractivity contribution in [2.75, 3.05) is 0 Å². The van der Waals surface area contributed by atoms with Crippen LogP contribution < -0.4 is 5.23 Å². The Morgan fingerprint density at radius 2 is 2.13 bits per heavy atom. The van der Waals surface area contributed by atoms with Gasteiger partial charge in [0.05, 0.1) is 5.02 Å². The molecule has 0 aliphatic carbocycles. The molecule has 1 aromatic heterocycles. The van der Waals surface area contributed by atoms with Crippen LogP contribution in [0.3, 0.4) is 0 Å². The van der Waals surface area contributed by atoms with Crippen LogP contribution in [0.25, 0.3) is 10.9 Å². The molecule has 0 amide bonds. The van der Waals surface area contributed by atoms with Crippen molar-refractivity contribution < 1.29 is 10.4 Å². The van der Waals surface area contributed by atoms with Crippen LogP contribution in [0.5, 0.6) is 0 Å². The second-order valence-electron chi connectivity index (χ2n) is 2.98.